The highest BCUT2D eigenvalue weighted by Gasteiger charge is 2.66. The summed E-state index contributed by atoms with van der Waals surface area (Å²) in [6, 6.07) is 0. The fraction of sp³-hybridized carbons (Fsp3) is 0.833. The number of rotatable bonds is 0. The second-order valence-electron chi connectivity index (χ2n) is 5.65. The number of hydrogen-bond acceptors (Lipinski definition) is 2. The predicted molar refractivity (Wildman–Crippen MR) is 65.1 cm³/mol. The van der Waals surface area contributed by atoms with Gasteiger partial charge < -0.3 is 0 Å². The Labute approximate surface area is 102 Å². The molecule has 3 aliphatic rings. The smallest absolute Gasteiger partial charge is 0.168 e. The van der Waals surface area contributed by atoms with E-state index in [0.717, 1.165) is 38.5 Å². The van der Waals surface area contributed by atoms with Crippen molar-refractivity contribution in [3.63, 3.8) is 0 Å². The van der Waals surface area contributed by atoms with Crippen LogP contribution in [0.3, 0.4) is 0 Å². The SMILES string of the molecule is O=S1(=O)C[C@@]23CC=CC[C@]2(CCCC3)[C@H]1Cl. The molecule has 2 nitrogen and oxygen atoms in total. The molecule has 0 bridgehead atoms. The van der Waals surface area contributed by atoms with E-state index in [9.17, 15) is 8.42 Å². The van der Waals surface area contributed by atoms with Gasteiger partial charge in [-0.2, -0.15) is 0 Å². The average molecular weight is 261 g/mol. The van der Waals surface area contributed by atoms with Gasteiger partial charge in [-0.3, -0.25) is 0 Å². The molecule has 0 amide bonds. The van der Waals surface area contributed by atoms with Crippen molar-refractivity contribution in [1.29, 1.82) is 0 Å². The van der Waals surface area contributed by atoms with Crippen LogP contribution in [0.4, 0.5) is 0 Å². The first kappa shape index (κ1) is 11.1. The molecule has 0 radical (unpaired) electrons. The normalized spacial score (nSPS) is 49.7. The van der Waals surface area contributed by atoms with Gasteiger partial charge in [-0.1, -0.05) is 25.0 Å². The predicted octanol–water partition coefficient (Wildman–Crippen LogP) is 2.88. The van der Waals surface area contributed by atoms with Gasteiger partial charge in [-0.15, -0.1) is 11.6 Å². The summed E-state index contributed by atoms with van der Waals surface area (Å²) in [4.78, 5) is 0. The molecule has 90 valence electrons. The van der Waals surface area contributed by atoms with Crippen LogP contribution in [0.25, 0.3) is 0 Å². The van der Waals surface area contributed by atoms with Crippen molar-refractivity contribution in [3.05, 3.63) is 12.2 Å². The van der Waals surface area contributed by atoms with Gasteiger partial charge in [-0.05, 0) is 31.1 Å². The standard InChI is InChI=1S/C12H17ClO2S/c13-10-12-7-3-1-5-11(12,6-2-4-8-12)9-16(10,14)15/h1,3,10H,2,4-9H2/t10-,11-,12-/m0/s1. The van der Waals surface area contributed by atoms with E-state index in [1.54, 1.807) is 0 Å². The molecule has 1 heterocycles. The molecule has 0 aromatic rings. The fourth-order valence-corrected chi connectivity index (χ4v) is 7.40. The minimum absolute atomic E-state index is 0.0365. The quantitative estimate of drug-likeness (QED) is 0.496. The zero-order valence-electron chi connectivity index (χ0n) is 9.28. The van der Waals surface area contributed by atoms with Crippen LogP contribution >= 0.6 is 11.6 Å². The first-order valence-electron chi connectivity index (χ1n) is 6.03. The zero-order chi connectivity index (χ0) is 11.4. The van der Waals surface area contributed by atoms with Crippen molar-refractivity contribution >= 4 is 21.4 Å². The van der Waals surface area contributed by atoms with Crippen molar-refractivity contribution in [2.24, 2.45) is 10.8 Å². The lowest BCUT2D eigenvalue weighted by Gasteiger charge is -2.51. The Morgan fingerprint density at radius 3 is 2.56 bits per heavy atom. The van der Waals surface area contributed by atoms with Crippen molar-refractivity contribution in [2.45, 2.75) is 43.2 Å². The molecule has 2 aliphatic carbocycles. The van der Waals surface area contributed by atoms with E-state index >= 15 is 0 Å². The lowest BCUT2D eigenvalue weighted by Crippen LogP contribution is -2.46. The molecule has 3 atom stereocenters. The van der Waals surface area contributed by atoms with Gasteiger partial charge in [0.1, 0.15) is 4.71 Å². The Hall–Kier alpha value is -0.0200. The summed E-state index contributed by atoms with van der Waals surface area (Å²) in [7, 11) is -3.08. The summed E-state index contributed by atoms with van der Waals surface area (Å²) >= 11 is 6.31. The summed E-state index contributed by atoms with van der Waals surface area (Å²) < 4.78 is 23.6. The number of halogens is 1. The summed E-state index contributed by atoms with van der Waals surface area (Å²) in [6.45, 7) is 0. The lowest BCUT2D eigenvalue weighted by molar-refractivity contribution is 0.0265. The van der Waals surface area contributed by atoms with E-state index in [4.69, 9.17) is 11.6 Å². The third kappa shape index (κ3) is 1.16. The third-order valence-corrected chi connectivity index (χ3v) is 8.24. The van der Waals surface area contributed by atoms with Crippen molar-refractivity contribution < 1.29 is 8.42 Å². The highest BCUT2D eigenvalue weighted by molar-refractivity contribution is 7.93. The van der Waals surface area contributed by atoms with Crippen LogP contribution in [-0.2, 0) is 9.84 Å². The maximum Gasteiger partial charge on any atom is 0.168 e. The lowest BCUT2D eigenvalue weighted by atomic mass is 9.53. The number of sulfone groups is 1. The molecule has 0 aromatic carbocycles. The first-order valence-corrected chi connectivity index (χ1v) is 8.18. The van der Waals surface area contributed by atoms with Gasteiger partial charge in [0.2, 0.25) is 0 Å². The minimum Gasteiger partial charge on any atom is -0.227 e. The van der Waals surface area contributed by atoms with E-state index in [2.05, 4.69) is 12.2 Å². The largest absolute Gasteiger partial charge is 0.227 e. The second-order valence-corrected chi connectivity index (χ2v) is 8.43. The summed E-state index contributed by atoms with van der Waals surface area (Å²) in [6.07, 6.45) is 10.4. The molecular formula is C12H17ClO2S. The second kappa shape index (κ2) is 3.26. The molecule has 1 aliphatic heterocycles. The number of hydrogen-bond donors (Lipinski definition) is 0. The molecule has 1 saturated carbocycles. The summed E-state index contributed by atoms with van der Waals surface area (Å²) in [5.74, 6) is 0.318. The minimum atomic E-state index is -3.08. The Kier molecular flexibility index (Phi) is 2.26. The molecule has 1 saturated heterocycles. The van der Waals surface area contributed by atoms with Gasteiger partial charge in [0.15, 0.2) is 9.84 Å². The van der Waals surface area contributed by atoms with Crippen LogP contribution in [0.15, 0.2) is 12.2 Å². The first-order chi connectivity index (χ1) is 7.53. The molecule has 3 rings (SSSR count). The van der Waals surface area contributed by atoms with Gasteiger partial charge in [0, 0.05) is 5.41 Å². The van der Waals surface area contributed by atoms with Gasteiger partial charge in [0.25, 0.3) is 0 Å². The van der Waals surface area contributed by atoms with Crippen LogP contribution in [-0.4, -0.2) is 18.9 Å². The molecule has 4 heteroatoms. The highest BCUT2D eigenvalue weighted by atomic mass is 35.5. The van der Waals surface area contributed by atoms with Gasteiger partial charge >= 0.3 is 0 Å². The summed E-state index contributed by atoms with van der Waals surface area (Å²) in [5, 5.41) is 0. The molecule has 0 unspecified atom stereocenters. The Morgan fingerprint density at radius 2 is 1.81 bits per heavy atom. The van der Waals surface area contributed by atoms with Crippen molar-refractivity contribution in [3.8, 4) is 0 Å². The number of alkyl halides is 1. The van der Waals surface area contributed by atoms with E-state index in [-0.39, 0.29) is 10.8 Å². The van der Waals surface area contributed by atoms with E-state index < -0.39 is 14.5 Å². The fourth-order valence-electron chi connectivity index (χ4n) is 4.17. The van der Waals surface area contributed by atoms with Gasteiger partial charge in [0.05, 0.1) is 5.75 Å². The van der Waals surface area contributed by atoms with Crippen LogP contribution in [0.2, 0.25) is 0 Å². The topological polar surface area (TPSA) is 34.1 Å². The van der Waals surface area contributed by atoms with Crippen LogP contribution in [0.5, 0.6) is 0 Å². The molecule has 0 spiro atoms. The Balaban J connectivity index is 2.17. The van der Waals surface area contributed by atoms with Gasteiger partial charge in [-0.25, -0.2) is 8.42 Å². The van der Waals surface area contributed by atoms with E-state index in [1.807, 2.05) is 0 Å². The zero-order valence-corrected chi connectivity index (χ0v) is 10.9. The average Bonchev–Trinajstić information content (AvgIpc) is 2.45. The van der Waals surface area contributed by atoms with Crippen molar-refractivity contribution in [2.75, 3.05) is 5.75 Å². The maximum atomic E-state index is 12.1. The monoisotopic (exact) mass is 260 g/mol. The Bertz CT molecular complexity index is 442. The Morgan fingerprint density at radius 1 is 1.12 bits per heavy atom. The molecule has 2 fully saturated rings. The van der Waals surface area contributed by atoms with E-state index in [1.165, 1.54) is 0 Å². The molecule has 16 heavy (non-hydrogen) atoms. The van der Waals surface area contributed by atoms with Crippen LogP contribution in [0, 0.1) is 10.8 Å². The maximum absolute atomic E-state index is 12.1. The number of allylic oxidation sites excluding steroid dienone is 2. The van der Waals surface area contributed by atoms with Crippen LogP contribution < -0.4 is 0 Å². The third-order valence-electron chi connectivity index (χ3n) is 4.97. The molecular weight excluding hydrogens is 244 g/mol. The highest BCUT2D eigenvalue weighted by Crippen LogP contribution is 2.66. The van der Waals surface area contributed by atoms with Crippen LogP contribution in [0.1, 0.15) is 38.5 Å². The van der Waals surface area contributed by atoms with Crippen molar-refractivity contribution in [1.82, 2.24) is 0 Å². The summed E-state index contributed by atoms with van der Waals surface area (Å²) in [5.41, 5.74) is -0.189. The van der Waals surface area contributed by atoms with E-state index in [0.29, 0.717) is 5.75 Å². The molecule has 0 N–H and O–H groups in total. The molecule has 0 aromatic heterocycles.